The lowest BCUT2D eigenvalue weighted by Gasteiger charge is -2.27. The zero-order chi connectivity index (χ0) is 19.4. The van der Waals surface area contributed by atoms with Crippen molar-refractivity contribution < 1.29 is 29.2 Å². The molecule has 0 amide bonds. The number of rotatable bonds is 4. The highest BCUT2D eigenvalue weighted by atomic mass is 16.9. The number of carbonyl (C=O) groups excluding carboxylic acids is 1. The Balaban J connectivity index is 1.67. The van der Waals surface area contributed by atoms with Crippen molar-refractivity contribution in [3.63, 3.8) is 0 Å². The molecule has 2 saturated carbocycles. The Morgan fingerprint density at radius 3 is 2.48 bits per heavy atom. The molecule has 2 aliphatic carbocycles. The molecule has 0 aromatic heterocycles. The molecule has 4 rings (SSSR count). The first-order valence-corrected chi connectivity index (χ1v) is 9.77. The summed E-state index contributed by atoms with van der Waals surface area (Å²) in [7, 11) is 0. The molecule has 0 aromatic carbocycles. The van der Waals surface area contributed by atoms with E-state index in [9.17, 15) is 15.0 Å². The van der Waals surface area contributed by atoms with Crippen LogP contribution in [0.2, 0.25) is 0 Å². The molecule has 2 N–H and O–H groups in total. The molecule has 9 heteroatoms. The summed E-state index contributed by atoms with van der Waals surface area (Å²) in [6.07, 6.45) is 4.40. The van der Waals surface area contributed by atoms with Gasteiger partial charge in [-0.05, 0) is 50.0 Å². The first kappa shape index (κ1) is 19.0. The molecule has 2 aliphatic heterocycles. The van der Waals surface area contributed by atoms with E-state index in [4.69, 9.17) is 19.7 Å². The van der Waals surface area contributed by atoms with Crippen LogP contribution < -0.4 is 0 Å². The Bertz CT molecular complexity index is 668. The Kier molecular flexibility index (Phi) is 4.44. The fourth-order valence-corrected chi connectivity index (χ4v) is 5.83. The normalized spacial score (nSPS) is 39.6. The first-order valence-electron chi connectivity index (χ1n) is 9.77. The maximum absolute atomic E-state index is 11.6. The van der Waals surface area contributed by atoms with Crippen molar-refractivity contribution in [2.45, 2.75) is 88.8 Å². The quantitative estimate of drug-likeness (QED) is 0.252. The fraction of sp³-hybridized carbons (Fsp3) is 0.944. The number of cyclic esters (lactones) is 1. The van der Waals surface area contributed by atoms with Gasteiger partial charge in [0.25, 0.3) is 0 Å². The fourth-order valence-electron chi connectivity index (χ4n) is 5.83. The highest BCUT2D eigenvalue weighted by Gasteiger charge is 2.75. The average Bonchev–Trinajstić information content (AvgIpc) is 2.85. The molecule has 0 bridgehead atoms. The largest absolute Gasteiger partial charge is 0.462 e. The van der Waals surface area contributed by atoms with Crippen LogP contribution in [0.3, 0.4) is 0 Å². The molecule has 4 unspecified atom stereocenters. The van der Waals surface area contributed by atoms with Gasteiger partial charge in [-0.15, -0.1) is 0 Å². The Labute approximate surface area is 157 Å². The molecule has 0 radical (unpaired) electrons. The number of hydrogen-bond acceptors (Lipinski definition) is 7. The van der Waals surface area contributed by atoms with Crippen molar-refractivity contribution in [1.29, 1.82) is 0 Å². The van der Waals surface area contributed by atoms with Crippen molar-refractivity contribution in [2.24, 2.45) is 22.4 Å². The van der Waals surface area contributed by atoms with Crippen LogP contribution >= 0.6 is 0 Å². The average molecular weight is 381 g/mol. The lowest BCUT2D eigenvalue weighted by Crippen LogP contribution is -2.42. The lowest BCUT2D eigenvalue weighted by molar-refractivity contribution is -0.346. The predicted octanol–water partition coefficient (Wildman–Crippen LogP) is 2.36. The van der Waals surface area contributed by atoms with Crippen LogP contribution in [0.4, 0.5) is 0 Å². The van der Waals surface area contributed by atoms with Gasteiger partial charge >= 0.3 is 11.9 Å². The number of esters is 1. The van der Waals surface area contributed by atoms with Crippen LogP contribution in [0.15, 0.2) is 5.11 Å². The van der Waals surface area contributed by atoms with E-state index in [1.54, 1.807) is 13.8 Å². The van der Waals surface area contributed by atoms with Crippen molar-refractivity contribution in [3.05, 3.63) is 10.4 Å². The van der Waals surface area contributed by atoms with E-state index >= 15 is 0 Å². The zero-order valence-corrected chi connectivity index (χ0v) is 15.7. The summed E-state index contributed by atoms with van der Waals surface area (Å²) in [5.74, 6) is -4.17. The van der Waals surface area contributed by atoms with Crippen LogP contribution in [0, 0.1) is 17.3 Å². The van der Waals surface area contributed by atoms with Crippen LogP contribution in [-0.4, -0.2) is 46.2 Å². The van der Waals surface area contributed by atoms with Crippen LogP contribution in [0.25, 0.3) is 10.4 Å². The van der Waals surface area contributed by atoms with Crippen LogP contribution in [0.5, 0.6) is 0 Å². The second-order valence-electron chi connectivity index (χ2n) is 8.81. The summed E-state index contributed by atoms with van der Waals surface area (Å²) < 4.78 is 16.6. The van der Waals surface area contributed by atoms with Gasteiger partial charge in [-0.3, -0.25) is 9.53 Å². The van der Waals surface area contributed by atoms with E-state index in [0.717, 1.165) is 32.1 Å². The maximum atomic E-state index is 11.6. The molecular weight excluding hydrogens is 354 g/mol. The van der Waals surface area contributed by atoms with Gasteiger partial charge in [0.1, 0.15) is 12.2 Å². The molecular formula is C18H27N3O6. The van der Waals surface area contributed by atoms with Crippen molar-refractivity contribution in [3.8, 4) is 0 Å². The smallest absolute Gasteiger partial charge is 0.308 e. The highest BCUT2D eigenvalue weighted by molar-refractivity contribution is 5.71. The number of hydrogen-bond donors (Lipinski definition) is 2. The monoisotopic (exact) mass is 381 g/mol. The van der Waals surface area contributed by atoms with Gasteiger partial charge in [0.15, 0.2) is 5.79 Å². The Hall–Kier alpha value is -1.38. The van der Waals surface area contributed by atoms with Gasteiger partial charge in [0.05, 0.1) is 6.04 Å². The molecule has 2 saturated heterocycles. The molecule has 5 atom stereocenters. The van der Waals surface area contributed by atoms with Gasteiger partial charge in [-0.1, -0.05) is 24.4 Å². The van der Waals surface area contributed by atoms with Crippen molar-refractivity contribution in [1.82, 2.24) is 0 Å². The zero-order valence-electron chi connectivity index (χ0n) is 15.7. The SMILES string of the molecule is CC1(C)OC(C2C(C(N=[N+]=[N-])[C@H]3CCC(=O)O3)C23CCCCC3)C(O)(O)O1. The lowest BCUT2D eigenvalue weighted by atomic mass is 9.81. The Morgan fingerprint density at radius 1 is 1.26 bits per heavy atom. The van der Waals surface area contributed by atoms with Crippen molar-refractivity contribution >= 4 is 5.97 Å². The minimum Gasteiger partial charge on any atom is -0.462 e. The third-order valence-electron chi connectivity index (χ3n) is 6.74. The van der Waals surface area contributed by atoms with Crippen molar-refractivity contribution in [2.75, 3.05) is 0 Å². The van der Waals surface area contributed by atoms with Gasteiger partial charge in [-0.2, -0.15) is 0 Å². The van der Waals surface area contributed by atoms with E-state index in [-0.39, 0.29) is 23.2 Å². The standard InChI is InChI=1S/C18H27N3O6/c1-16(2)26-15(18(23,24)27-16)13-12(17(13)8-4-3-5-9-17)14(20-21-19)10-6-7-11(22)25-10/h10,12-15,23-24H,3-9H2,1-2H3/t10-,12?,13?,14?,15?/m1/s1. The number of aliphatic hydroxyl groups is 2. The molecule has 150 valence electrons. The molecule has 27 heavy (non-hydrogen) atoms. The Morgan fingerprint density at radius 2 is 1.96 bits per heavy atom. The predicted molar refractivity (Wildman–Crippen MR) is 91.8 cm³/mol. The molecule has 4 aliphatic rings. The summed E-state index contributed by atoms with van der Waals surface area (Å²) in [6, 6.07) is -0.535. The highest BCUT2D eigenvalue weighted by Crippen LogP contribution is 2.72. The topological polar surface area (TPSA) is 134 Å². The van der Waals surface area contributed by atoms with Crippen LogP contribution in [0.1, 0.15) is 58.8 Å². The molecule has 2 heterocycles. The number of azide groups is 1. The second-order valence-corrected chi connectivity index (χ2v) is 8.81. The maximum Gasteiger partial charge on any atom is 0.308 e. The molecule has 9 nitrogen and oxygen atoms in total. The summed E-state index contributed by atoms with van der Waals surface area (Å²) in [6.45, 7) is 3.28. The van der Waals surface area contributed by atoms with E-state index in [1.165, 1.54) is 0 Å². The first-order chi connectivity index (χ1) is 12.7. The van der Waals surface area contributed by atoms with Gasteiger partial charge in [0.2, 0.25) is 0 Å². The summed E-state index contributed by atoms with van der Waals surface area (Å²) in [5.41, 5.74) is 8.92. The molecule has 0 aromatic rings. The van der Waals surface area contributed by atoms with E-state index in [2.05, 4.69) is 10.0 Å². The molecule has 4 fully saturated rings. The van der Waals surface area contributed by atoms with Gasteiger partial charge < -0.3 is 19.7 Å². The molecule has 1 spiro atoms. The summed E-state index contributed by atoms with van der Waals surface area (Å²) in [4.78, 5) is 14.6. The van der Waals surface area contributed by atoms with E-state index < -0.39 is 30.0 Å². The minimum atomic E-state index is -2.40. The number of carbonyl (C=O) groups is 1. The third-order valence-corrected chi connectivity index (χ3v) is 6.74. The van der Waals surface area contributed by atoms with Crippen LogP contribution in [-0.2, 0) is 19.0 Å². The van der Waals surface area contributed by atoms with E-state index in [1.807, 2.05) is 0 Å². The summed E-state index contributed by atoms with van der Waals surface area (Å²) in [5, 5.41) is 24.9. The van der Waals surface area contributed by atoms with E-state index in [0.29, 0.717) is 12.8 Å². The minimum absolute atomic E-state index is 0.134. The van der Waals surface area contributed by atoms with Gasteiger partial charge in [-0.25, -0.2) is 0 Å². The third kappa shape index (κ3) is 3.11. The van der Waals surface area contributed by atoms with Gasteiger partial charge in [0, 0.05) is 17.3 Å². The number of nitrogens with zero attached hydrogens (tertiary/aromatic N) is 3. The number of ether oxygens (including phenoxy) is 3. The second kappa shape index (κ2) is 6.32. The summed E-state index contributed by atoms with van der Waals surface area (Å²) >= 11 is 0.